The summed E-state index contributed by atoms with van der Waals surface area (Å²) in [5, 5.41) is 8.62. The van der Waals surface area contributed by atoms with E-state index in [0.29, 0.717) is 0 Å². The van der Waals surface area contributed by atoms with Crippen molar-refractivity contribution < 1.29 is 9.90 Å². The lowest BCUT2D eigenvalue weighted by molar-refractivity contribution is 0.0683. The van der Waals surface area contributed by atoms with Gasteiger partial charge in [-0.3, -0.25) is 0 Å². The molecule has 0 aliphatic rings. The van der Waals surface area contributed by atoms with Gasteiger partial charge in [0.2, 0.25) is 5.82 Å². The van der Waals surface area contributed by atoms with Crippen molar-refractivity contribution in [3.63, 3.8) is 0 Å². The van der Waals surface area contributed by atoms with Crippen molar-refractivity contribution >= 4 is 5.97 Å². The van der Waals surface area contributed by atoms with E-state index < -0.39 is 5.97 Å². The zero-order valence-electron chi connectivity index (χ0n) is 9.65. The quantitative estimate of drug-likeness (QED) is 0.720. The fourth-order valence-electron chi connectivity index (χ4n) is 1.53. The van der Waals surface area contributed by atoms with Crippen LogP contribution in [0.2, 0.25) is 0 Å². The molecular formula is C12H18N2O2. The summed E-state index contributed by atoms with van der Waals surface area (Å²) in [6.45, 7) is 2.19. The van der Waals surface area contributed by atoms with Crippen LogP contribution in [0.4, 0.5) is 0 Å². The van der Waals surface area contributed by atoms with Gasteiger partial charge >= 0.3 is 5.97 Å². The minimum absolute atomic E-state index is 0.130. The third kappa shape index (κ3) is 4.38. The highest BCUT2D eigenvalue weighted by Crippen LogP contribution is 2.07. The Kier molecular flexibility index (Phi) is 5.46. The van der Waals surface area contributed by atoms with Crippen LogP contribution >= 0.6 is 0 Å². The summed E-state index contributed by atoms with van der Waals surface area (Å²) in [5.74, 6) is -1.20. The SMILES string of the molecule is CCCCCCCc1cnc(C(=O)O)nc1. The molecule has 0 saturated heterocycles. The Bertz CT molecular complexity index is 322. The maximum Gasteiger partial charge on any atom is 0.373 e. The highest BCUT2D eigenvalue weighted by Gasteiger charge is 2.04. The van der Waals surface area contributed by atoms with E-state index >= 15 is 0 Å². The first kappa shape index (κ1) is 12.6. The highest BCUT2D eigenvalue weighted by molar-refractivity contribution is 5.82. The number of aromatic nitrogens is 2. The second kappa shape index (κ2) is 6.93. The van der Waals surface area contributed by atoms with Crippen LogP contribution in [-0.4, -0.2) is 21.0 Å². The largest absolute Gasteiger partial charge is 0.475 e. The first-order valence-electron chi connectivity index (χ1n) is 5.78. The summed E-state index contributed by atoms with van der Waals surface area (Å²) in [4.78, 5) is 18.1. The Morgan fingerprint density at radius 1 is 1.19 bits per heavy atom. The number of hydrogen-bond donors (Lipinski definition) is 1. The van der Waals surface area contributed by atoms with Gasteiger partial charge in [0, 0.05) is 12.4 Å². The molecule has 0 radical (unpaired) electrons. The molecule has 0 amide bonds. The van der Waals surface area contributed by atoms with Crippen molar-refractivity contribution in [2.24, 2.45) is 0 Å². The van der Waals surface area contributed by atoms with Crippen LogP contribution < -0.4 is 0 Å². The van der Waals surface area contributed by atoms with Crippen molar-refractivity contribution in [2.75, 3.05) is 0 Å². The van der Waals surface area contributed by atoms with Gasteiger partial charge in [-0.25, -0.2) is 14.8 Å². The predicted octanol–water partition coefficient (Wildman–Crippen LogP) is 2.69. The van der Waals surface area contributed by atoms with Crippen LogP contribution in [0.15, 0.2) is 12.4 Å². The van der Waals surface area contributed by atoms with Crippen molar-refractivity contribution in [3.8, 4) is 0 Å². The number of rotatable bonds is 7. The van der Waals surface area contributed by atoms with Gasteiger partial charge in [-0.15, -0.1) is 0 Å². The molecule has 1 rings (SSSR count). The summed E-state index contributed by atoms with van der Waals surface area (Å²) in [7, 11) is 0. The van der Waals surface area contributed by atoms with Crippen LogP contribution in [-0.2, 0) is 6.42 Å². The summed E-state index contributed by atoms with van der Waals surface area (Å²) >= 11 is 0. The highest BCUT2D eigenvalue weighted by atomic mass is 16.4. The number of hydrogen-bond acceptors (Lipinski definition) is 3. The average molecular weight is 222 g/mol. The van der Waals surface area contributed by atoms with E-state index in [1.54, 1.807) is 12.4 Å². The van der Waals surface area contributed by atoms with Gasteiger partial charge in [-0.1, -0.05) is 32.6 Å². The fourth-order valence-corrected chi connectivity index (χ4v) is 1.53. The number of carbonyl (C=O) groups is 1. The van der Waals surface area contributed by atoms with E-state index in [4.69, 9.17) is 5.11 Å². The Morgan fingerprint density at radius 3 is 2.38 bits per heavy atom. The molecule has 1 heterocycles. The molecule has 0 aliphatic carbocycles. The molecular weight excluding hydrogens is 204 g/mol. The fraction of sp³-hybridized carbons (Fsp3) is 0.583. The van der Waals surface area contributed by atoms with Gasteiger partial charge in [-0.2, -0.15) is 0 Å². The number of carboxylic acids is 1. The van der Waals surface area contributed by atoms with E-state index in [9.17, 15) is 4.79 Å². The zero-order chi connectivity index (χ0) is 11.8. The van der Waals surface area contributed by atoms with E-state index in [-0.39, 0.29) is 5.82 Å². The second-order valence-electron chi connectivity index (χ2n) is 3.88. The van der Waals surface area contributed by atoms with Gasteiger partial charge < -0.3 is 5.11 Å². The van der Waals surface area contributed by atoms with Crippen molar-refractivity contribution in [1.82, 2.24) is 9.97 Å². The molecule has 0 atom stereocenters. The molecule has 0 unspecified atom stereocenters. The van der Waals surface area contributed by atoms with Crippen LogP contribution in [0, 0.1) is 0 Å². The Hall–Kier alpha value is -1.45. The lowest BCUT2D eigenvalue weighted by Crippen LogP contribution is -2.04. The maximum atomic E-state index is 10.5. The van der Waals surface area contributed by atoms with E-state index in [0.717, 1.165) is 18.4 Å². The molecule has 1 aromatic rings. The Morgan fingerprint density at radius 2 is 1.81 bits per heavy atom. The molecule has 1 N–H and O–H groups in total. The van der Waals surface area contributed by atoms with Crippen molar-refractivity contribution in [1.29, 1.82) is 0 Å². The summed E-state index contributed by atoms with van der Waals surface area (Å²) < 4.78 is 0. The topological polar surface area (TPSA) is 63.1 Å². The van der Waals surface area contributed by atoms with Gasteiger partial charge in [0.25, 0.3) is 0 Å². The lowest BCUT2D eigenvalue weighted by Gasteiger charge is -2.01. The van der Waals surface area contributed by atoms with Gasteiger partial charge in [0.15, 0.2) is 0 Å². The molecule has 4 heteroatoms. The zero-order valence-corrected chi connectivity index (χ0v) is 9.65. The molecule has 16 heavy (non-hydrogen) atoms. The predicted molar refractivity (Wildman–Crippen MR) is 61.5 cm³/mol. The molecule has 0 aliphatic heterocycles. The van der Waals surface area contributed by atoms with Gasteiger partial charge in [-0.05, 0) is 18.4 Å². The smallest absolute Gasteiger partial charge is 0.373 e. The van der Waals surface area contributed by atoms with Crippen molar-refractivity contribution in [3.05, 3.63) is 23.8 Å². The summed E-state index contributed by atoms with van der Waals surface area (Å²) in [6, 6.07) is 0. The molecule has 88 valence electrons. The molecule has 0 bridgehead atoms. The third-order valence-electron chi connectivity index (χ3n) is 2.47. The summed E-state index contributed by atoms with van der Waals surface area (Å²) in [5.41, 5.74) is 1.02. The van der Waals surface area contributed by atoms with Crippen molar-refractivity contribution in [2.45, 2.75) is 45.4 Å². The van der Waals surface area contributed by atoms with Gasteiger partial charge in [0.05, 0.1) is 0 Å². The molecule has 0 aromatic carbocycles. The third-order valence-corrected chi connectivity index (χ3v) is 2.47. The number of unbranched alkanes of at least 4 members (excludes halogenated alkanes) is 4. The van der Waals surface area contributed by atoms with E-state index in [2.05, 4.69) is 16.9 Å². The van der Waals surface area contributed by atoms with E-state index in [1.807, 2.05) is 0 Å². The molecule has 1 aromatic heterocycles. The number of nitrogens with zero attached hydrogens (tertiary/aromatic N) is 2. The van der Waals surface area contributed by atoms with Crippen LogP contribution in [0.1, 0.15) is 55.2 Å². The lowest BCUT2D eigenvalue weighted by atomic mass is 10.1. The minimum Gasteiger partial charge on any atom is -0.475 e. The van der Waals surface area contributed by atoms with Crippen LogP contribution in [0.5, 0.6) is 0 Å². The normalized spacial score (nSPS) is 10.3. The molecule has 0 fully saturated rings. The van der Waals surface area contributed by atoms with Gasteiger partial charge in [0.1, 0.15) is 0 Å². The molecule has 4 nitrogen and oxygen atoms in total. The first-order chi connectivity index (χ1) is 7.74. The van der Waals surface area contributed by atoms with Crippen LogP contribution in [0.3, 0.4) is 0 Å². The summed E-state index contributed by atoms with van der Waals surface area (Å²) in [6.07, 6.45) is 10.3. The second-order valence-corrected chi connectivity index (χ2v) is 3.88. The van der Waals surface area contributed by atoms with E-state index in [1.165, 1.54) is 25.7 Å². The number of aryl methyl sites for hydroxylation is 1. The first-order valence-corrected chi connectivity index (χ1v) is 5.78. The number of carboxylic acid groups (broad SMARTS) is 1. The molecule has 0 saturated carbocycles. The Balaban J connectivity index is 2.29. The molecule has 0 spiro atoms. The standard InChI is InChI=1S/C12H18N2O2/c1-2-3-4-5-6-7-10-8-13-11(12(15)16)14-9-10/h8-9H,2-7H2,1H3,(H,15,16). The van der Waals surface area contributed by atoms with Crippen LogP contribution in [0.25, 0.3) is 0 Å². The average Bonchev–Trinajstić information content (AvgIpc) is 2.29. The number of aromatic carboxylic acids is 1. The monoisotopic (exact) mass is 222 g/mol. The minimum atomic E-state index is -1.07. The maximum absolute atomic E-state index is 10.5. The Labute approximate surface area is 95.7 Å².